The molecule has 1 rings (SSSR count). The summed E-state index contributed by atoms with van der Waals surface area (Å²) in [6, 6.07) is 0. The van der Waals surface area contributed by atoms with Gasteiger partial charge >= 0.3 is 0 Å². The zero-order chi connectivity index (χ0) is 7.56. The molecule has 60 valence electrons. The van der Waals surface area contributed by atoms with Gasteiger partial charge in [-0.1, -0.05) is 0 Å². The zero-order valence-electron chi connectivity index (χ0n) is 5.86. The Labute approximate surface area is 64.4 Å². The Morgan fingerprint density at radius 1 is 1.70 bits per heavy atom. The summed E-state index contributed by atoms with van der Waals surface area (Å²) in [7, 11) is 1.56. The minimum absolute atomic E-state index is 0.0556. The number of rotatable bonds is 2. The minimum atomic E-state index is -0.410. The molecule has 3 unspecified atom stereocenters. The van der Waals surface area contributed by atoms with Crippen LogP contribution in [-0.4, -0.2) is 47.1 Å². The summed E-state index contributed by atoms with van der Waals surface area (Å²) in [4.78, 5) is 0. The van der Waals surface area contributed by atoms with Crippen molar-refractivity contribution in [3.05, 3.63) is 0 Å². The minimum Gasteiger partial charge on any atom is -0.395 e. The van der Waals surface area contributed by atoms with Crippen molar-refractivity contribution in [1.82, 2.24) is 0 Å². The van der Waals surface area contributed by atoms with Gasteiger partial charge in [0.25, 0.3) is 0 Å². The van der Waals surface area contributed by atoms with E-state index in [1.165, 1.54) is 0 Å². The Bertz CT molecular complexity index is 109. The molecule has 1 saturated heterocycles. The molecule has 0 amide bonds. The zero-order valence-corrected chi connectivity index (χ0v) is 6.67. The summed E-state index contributed by atoms with van der Waals surface area (Å²) in [5, 5.41) is 18.1. The molecule has 0 aliphatic carbocycles. The van der Waals surface area contributed by atoms with E-state index in [2.05, 4.69) is 0 Å². The van der Waals surface area contributed by atoms with Gasteiger partial charge in [0.15, 0.2) is 0 Å². The first-order valence-electron chi connectivity index (χ1n) is 3.23. The lowest BCUT2D eigenvalue weighted by Gasteiger charge is -2.16. The van der Waals surface area contributed by atoms with Crippen LogP contribution in [0.4, 0.5) is 0 Å². The van der Waals surface area contributed by atoms with E-state index in [1.54, 1.807) is 18.9 Å². The molecule has 4 heteroatoms. The number of aliphatic hydroxyl groups excluding tert-OH is 2. The average Bonchev–Trinajstić information content (AvgIpc) is 2.30. The van der Waals surface area contributed by atoms with Crippen molar-refractivity contribution in [3.63, 3.8) is 0 Å². The fourth-order valence-corrected chi connectivity index (χ4v) is 2.35. The third kappa shape index (κ3) is 1.45. The van der Waals surface area contributed by atoms with Crippen LogP contribution >= 0.6 is 11.8 Å². The molecule has 10 heavy (non-hydrogen) atoms. The molecule has 3 atom stereocenters. The van der Waals surface area contributed by atoms with Crippen LogP contribution in [-0.2, 0) is 4.74 Å². The lowest BCUT2D eigenvalue weighted by Crippen LogP contribution is -2.33. The SMILES string of the molecule is COC1C(O)CSC1CO. The maximum absolute atomic E-state index is 9.23. The van der Waals surface area contributed by atoms with Crippen molar-refractivity contribution in [2.75, 3.05) is 19.5 Å². The van der Waals surface area contributed by atoms with Crippen molar-refractivity contribution >= 4 is 11.8 Å². The normalized spacial score (nSPS) is 40.5. The molecule has 2 N–H and O–H groups in total. The second kappa shape index (κ2) is 3.57. The van der Waals surface area contributed by atoms with Crippen molar-refractivity contribution in [3.8, 4) is 0 Å². The number of aliphatic hydroxyl groups is 2. The van der Waals surface area contributed by atoms with Crippen LogP contribution in [0.1, 0.15) is 0 Å². The van der Waals surface area contributed by atoms with Gasteiger partial charge in [-0.15, -0.1) is 0 Å². The number of ether oxygens (including phenoxy) is 1. The third-order valence-corrected chi connectivity index (χ3v) is 3.06. The first-order valence-corrected chi connectivity index (χ1v) is 4.27. The van der Waals surface area contributed by atoms with Crippen LogP contribution in [0.25, 0.3) is 0 Å². The Kier molecular flexibility index (Phi) is 2.97. The molecule has 1 heterocycles. The van der Waals surface area contributed by atoms with Crippen LogP contribution in [0, 0.1) is 0 Å². The number of thioether (sulfide) groups is 1. The lowest BCUT2D eigenvalue weighted by atomic mass is 10.2. The monoisotopic (exact) mass is 164 g/mol. The molecule has 0 radical (unpaired) electrons. The van der Waals surface area contributed by atoms with E-state index < -0.39 is 6.10 Å². The van der Waals surface area contributed by atoms with Crippen molar-refractivity contribution < 1.29 is 14.9 Å². The van der Waals surface area contributed by atoms with Gasteiger partial charge in [-0.25, -0.2) is 0 Å². The lowest BCUT2D eigenvalue weighted by molar-refractivity contribution is -0.000286. The summed E-state index contributed by atoms with van der Waals surface area (Å²) in [6.45, 7) is 0.0836. The van der Waals surface area contributed by atoms with E-state index in [0.29, 0.717) is 5.75 Å². The van der Waals surface area contributed by atoms with E-state index in [-0.39, 0.29) is 18.0 Å². The standard InChI is InChI=1S/C6H12O3S/c1-9-6-4(8)3-10-5(6)2-7/h4-8H,2-3H2,1H3. The van der Waals surface area contributed by atoms with Crippen LogP contribution in [0.5, 0.6) is 0 Å². The highest BCUT2D eigenvalue weighted by atomic mass is 32.2. The number of methoxy groups -OCH3 is 1. The number of hydrogen-bond acceptors (Lipinski definition) is 4. The third-order valence-electron chi connectivity index (χ3n) is 1.68. The van der Waals surface area contributed by atoms with Gasteiger partial charge in [-0.05, 0) is 0 Å². The van der Waals surface area contributed by atoms with Gasteiger partial charge in [0.1, 0.15) is 0 Å². The van der Waals surface area contributed by atoms with Gasteiger partial charge in [0.2, 0.25) is 0 Å². The molecule has 0 aromatic carbocycles. The molecule has 1 aliphatic rings. The highest BCUT2D eigenvalue weighted by molar-refractivity contribution is 8.00. The molecule has 0 aromatic heterocycles. The van der Waals surface area contributed by atoms with Crippen LogP contribution in [0.2, 0.25) is 0 Å². The second-order valence-corrected chi connectivity index (χ2v) is 3.59. The summed E-state index contributed by atoms with van der Waals surface area (Å²) in [5.41, 5.74) is 0. The maximum atomic E-state index is 9.23. The Hall–Kier alpha value is 0.230. The molecule has 1 aliphatic heterocycles. The smallest absolute Gasteiger partial charge is 0.0978 e. The summed E-state index contributed by atoms with van der Waals surface area (Å²) >= 11 is 1.56. The fraction of sp³-hybridized carbons (Fsp3) is 1.00. The molecule has 1 fully saturated rings. The van der Waals surface area contributed by atoms with Gasteiger partial charge < -0.3 is 14.9 Å². The molecule has 0 aromatic rings. The summed E-state index contributed by atoms with van der Waals surface area (Å²) in [6.07, 6.45) is -0.595. The second-order valence-electron chi connectivity index (χ2n) is 2.32. The Morgan fingerprint density at radius 2 is 2.40 bits per heavy atom. The molecule has 3 nitrogen and oxygen atoms in total. The fourth-order valence-electron chi connectivity index (χ4n) is 1.13. The van der Waals surface area contributed by atoms with E-state index in [1.807, 2.05) is 0 Å². The molecule has 0 saturated carbocycles. The van der Waals surface area contributed by atoms with Crippen molar-refractivity contribution in [1.29, 1.82) is 0 Å². The first kappa shape index (κ1) is 8.33. The largest absolute Gasteiger partial charge is 0.395 e. The quantitative estimate of drug-likeness (QED) is 0.576. The molecular formula is C6H12O3S. The summed E-state index contributed by atoms with van der Waals surface area (Å²) in [5.74, 6) is 0.670. The Morgan fingerprint density at radius 3 is 2.80 bits per heavy atom. The number of hydrogen-bond donors (Lipinski definition) is 2. The summed E-state index contributed by atoms with van der Waals surface area (Å²) < 4.78 is 5.00. The molecule has 0 spiro atoms. The highest BCUT2D eigenvalue weighted by Gasteiger charge is 2.34. The van der Waals surface area contributed by atoms with Gasteiger partial charge in [-0.2, -0.15) is 11.8 Å². The Balaban J connectivity index is 2.45. The highest BCUT2D eigenvalue weighted by Crippen LogP contribution is 2.28. The first-order chi connectivity index (χ1) is 4.79. The van der Waals surface area contributed by atoms with E-state index in [9.17, 15) is 5.11 Å². The van der Waals surface area contributed by atoms with Crippen LogP contribution in [0.15, 0.2) is 0 Å². The topological polar surface area (TPSA) is 49.7 Å². The van der Waals surface area contributed by atoms with Crippen LogP contribution < -0.4 is 0 Å². The van der Waals surface area contributed by atoms with Gasteiger partial charge in [0, 0.05) is 12.9 Å². The van der Waals surface area contributed by atoms with Crippen molar-refractivity contribution in [2.24, 2.45) is 0 Å². The van der Waals surface area contributed by atoms with Gasteiger partial charge in [0.05, 0.1) is 24.1 Å². The van der Waals surface area contributed by atoms with Crippen molar-refractivity contribution in [2.45, 2.75) is 17.5 Å². The van der Waals surface area contributed by atoms with Gasteiger partial charge in [-0.3, -0.25) is 0 Å². The van der Waals surface area contributed by atoms with E-state index in [0.717, 1.165) is 0 Å². The van der Waals surface area contributed by atoms with E-state index >= 15 is 0 Å². The predicted molar refractivity (Wildman–Crippen MR) is 40.1 cm³/mol. The van der Waals surface area contributed by atoms with E-state index in [4.69, 9.17) is 9.84 Å². The molecule has 0 bridgehead atoms. The maximum Gasteiger partial charge on any atom is 0.0978 e. The predicted octanol–water partition coefficient (Wildman–Crippen LogP) is -0.530. The van der Waals surface area contributed by atoms with Crippen LogP contribution in [0.3, 0.4) is 0 Å². The average molecular weight is 164 g/mol. The molecular weight excluding hydrogens is 152 g/mol.